The third kappa shape index (κ3) is 3.63. The van der Waals surface area contributed by atoms with E-state index in [0.717, 1.165) is 0 Å². The number of carboxylic acids is 1. The summed E-state index contributed by atoms with van der Waals surface area (Å²) in [5, 5.41) is 8.94. The predicted molar refractivity (Wildman–Crippen MR) is 67.6 cm³/mol. The highest BCUT2D eigenvalue weighted by Crippen LogP contribution is 2.26. The smallest absolute Gasteiger partial charge is 0.339 e. The molecule has 0 aliphatic heterocycles. The number of para-hydroxylation sites is 1. The Morgan fingerprint density at radius 3 is 2.67 bits per heavy atom. The standard InChI is InChI=1S/C11H15NO5S/c1-2-18(15,16)7-6-17-10-8(11(13)14)4-3-5-9(10)12/h3-5H,2,6-7,12H2,1H3,(H,13,14). The Kier molecular flexibility index (Phi) is 4.55. The van der Waals surface area contributed by atoms with Crippen LogP contribution in [0.15, 0.2) is 18.2 Å². The summed E-state index contributed by atoms with van der Waals surface area (Å²) in [7, 11) is -3.15. The molecule has 18 heavy (non-hydrogen) atoms. The van der Waals surface area contributed by atoms with Crippen molar-refractivity contribution in [3.63, 3.8) is 0 Å². The lowest BCUT2D eigenvalue weighted by molar-refractivity contribution is 0.0692. The van der Waals surface area contributed by atoms with Gasteiger partial charge in [0, 0.05) is 5.75 Å². The largest absolute Gasteiger partial charge is 0.489 e. The van der Waals surface area contributed by atoms with Gasteiger partial charge in [-0.25, -0.2) is 13.2 Å². The summed E-state index contributed by atoms with van der Waals surface area (Å²) in [4.78, 5) is 10.9. The number of carboxylic acid groups (broad SMARTS) is 1. The molecule has 7 heteroatoms. The molecule has 3 N–H and O–H groups in total. The first-order valence-corrected chi connectivity index (χ1v) is 7.14. The van der Waals surface area contributed by atoms with E-state index < -0.39 is 15.8 Å². The average Bonchev–Trinajstić information content (AvgIpc) is 2.30. The minimum absolute atomic E-state index is 0.0105. The molecule has 1 aromatic rings. The van der Waals surface area contributed by atoms with Crippen LogP contribution in [0.3, 0.4) is 0 Å². The van der Waals surface area contributed by atoms with E-state index in [1.807, 2.05) is 0 Å². The zero-order valence-corrected chi connectivity index (χ0v) is 10.7. The molecule has 0 aliphatic carbocycles. The summed E-state index contributed by atoms with van der Waals surface area (Å²) < 4.78 is 27.7. The number of sulfone groups is 1. The number of aromatic carboxylic acids is 1. The maximum atomic E-state index is 11.3. The minimum atomic E-state index is -3.15. The van der Waals surface area contributed by atoms with Crippen LogP contribution in [0, 0.1) is 0 Å². The molecular weight excluding hydrogens is 258 g/mol. The molecule has 0 aromatic heterocycles. The van der Waals surface area contributed by atoms with Crippen LogP contribution in [-0.4, -0.2) is 37.6 Å². The Labute approximate surface area is 105 Å². The first-order chi connectivity index (χ1) is 8.37. The molecule has 1 rings (SSSR count). The van der Waals surface area contributed by atoms with Crippen molar-refractivity contribution in [3.05, 3.63) is 23.8 Å². The van der Waals surface area contributed by atoms with Crippen LogP contribution in [0.5, 0.6) is 5.75 Å². The SMILES string of the molecule is CCS(=O)(=O)CCOc1c(N)cccc1C(=O)O. The van der Waals surface area contributed by atoms with Gasteiger partial charge in [0.05, 0.1) is 11.4 Å². The van der Waals surface area contributed by atoms with Crippen molar-refractivity contribution in [1.82, 2.24) is 0 Å². The van der Waals surface area contributed by atoms with Gasteiger partial charge >= 0.3 is 5.97 Å². The van der Waals surface area contributed by atoms with Gasteiger partial charge in [0.1, 0.15) is 12.2 Å². The zero-order chi connectivity index (χ0) is 13.8. The van der Waals surface area contributed by atoms with Crippen molar-refractivity contribution in [2.24, 2.45) is 0 Å². The van der Waals surface area contributed by atoms with E-state index in [-0.39, 0.29) is 35.1 Å². The molecule has 6 nitrogen and oxygen atoms in total. The van der Waals surface area contributed by atoms with Crippen molar-refractivity contribution < 1.29 is 23.1 Å². The van der Waals surface area contributed by atoms with Crippen LogP contribution in [0.2, 0.25) is 0 Å². The predicted octanol–water partition coefficient (Wildman–Crippen LogP) is 0.780. The summed E-state index contributed by atoms with van der Waals surface area (Å²) >= 11 is 0. The fourth-order valence-electron chi connectivity index (χ4n) is 1.30. The van der Waals surface area contributed by atoms with Crippen molar-refractivity contribution in [3.8, 4) is 5.75 Å². The van der Waals surface area contributed by atoms with Crippen molar-refractivity contribution in [1.29, 1.82) is 0 Å². The van der Waals surface area contributed by atoms with E-state index in [1.165, 1.54) is 25.1 Å². The lowest BCUT2D eigenvalue weighted by Crippen LogP contribution is -2.17. The molecule has 0 amide bonds. The van der Waals surface area contributed by atoms with Gasteiger partial charge in [-0.3, -0.25) is 0 Å². The molecule has 0 aliphatic rings. The molecule has 0 saturated heterocycles. The van der Waals surface area contributed by atoms with Gasteiger partial charge in [-0.15, -0.1) is 0 Å². The molecule has 1 aromatic carbocycles. The molecule has 0 saturated carbocycles. The summed E-state index contributed by atoms with van der Waals surface area (Å²) in [6.07, 6.45) is 0. The van der Waals surface area contributed by atoms with Gasteiger partial charge in [0.15, 0.2) is 15.6 Å². The Balaban J connectivity index is 2.82. The summed E-state index contributed by atoms with van der Waals surface area (Å²) in [5.41, 5.74) is 5.69. The van der Waals surface area contributed by atoms with Crippen molar-refractivity contribution >= 4 is 21.5 Å². The lowest BCUT2D eigenvalue weighted by atomic mass is 10.2. The molecule has 0 heterocycles. The first-order valence-electron chi connectivity index (χ1n) is 5.32. The van der Waals surface area contributed by atoms with Crippen LogP contribution in [0.4, 0.5) is 5.69 Å². The lowest BCUT2D eigenvalue weighted by Gasteiger charge is -2.11. The number of hydrogen-bond donors (Lipinski definition) is 2. The molecule has 0 atom stereocenters. The van der Waals surface area contributed by atoms with Crippen LogP contribution in [-0.2, 0) is 9.84 Å². The van der Waals surface area contributed by atoms with E-state index in [9.17, 15) is 13.2 Å². The van der Waals surface area contributed by atoms with Crippen molar-refractivity contribution in [2.45, 2.75) is 6.92 Å². The monoisotopic (exact) mass is 273 g/mol. The number of nitrogens with two attached hydrogens (primary N) is 1. The van der Waals surface area contributed by atoms with E-state index in [2.05, 4.69) is 0 Å². The Hall–Kier alpha value is -1.76. The van der Waals surface area contributed by atoms with E-state index in [0.29, 0.717) is 0 Å². The third-order valence-electron chi connectivity index (χ3n) is 2.36. The number of carbonyl (C=O) groups is 1. The highest BCUT2D eigenvalue weighted by molar-refractivity contribution is 7.91. The van der Waals surface area contributed by atoms with Gasteiger partial charge in [-0.1, -0.05) is 13.0 Å². The Bertz CT molecular complexity index is 538. The zero-order valence-electron chi connectivity index (χ0n) is 9.92. The van der Waals surface area contributed by atoms with E-state index in [1.54, 1.807) is 0 Å². The molecule has 0 bridgehead atoms. The van der Waals surface area contributed by atoms with E-state index >= 15 is 0 Å². The van der Waals surface area contributed by atoms with Crippen LogP contribution < -0.4 is 10.5 Å². The van der Waals surface area contributed by atoms with Crippen LogP contribution in [0.1, 0.15) is 17.3 Å². The summed E-state index contributed by atoms with van der Waals surface area (Å²) in [6, 6.07) is 4.34. The minimum Gasteiger partial charge on any atom is -0.489 e. The number of hydrogen-bond acceptors (Lipinski definition) is 5. The topological polar surface area (TPSA) is 107 Å². The second-order valence-corrected chi connectivity index (χ2v) is 6.09. The second-order valence-electron chi connectivity index (χ2n) is 3.61. The molecule has 0 unspecified atom stereocenters. The molecule has 0 radical (unpaired) electrons. The fraction of sp³-hybridized carbons (Fsp3) is 0.364. The second kappa shape index (κ2) is 5.72. The number of rotatable bonds is 6. The Morgan fingerprint density at radius 2 is 2.11 bits per heavy atom. The maximum absolute atomic E-state index is 11.3. The highest BCUT2D eigenvalue weighted by atomic mass is 32.2. The van der Waals surface area contributed by atoms with Gasteiger partial charge in [-0.2, -0.15) is 0 Å². The molecule has 100 valence electrons. The normalized spacial score (nSPS) is 11.2. The average molecular weight is 273 g/mol. The number of nitrogen functional groups attached to an aromatic ring is 1. The summed E-state index contributed by atoms with van der Waals surface area (Å²) in [5.74, 6) is -1.31. The van der Waals surface area contributed by atoms with Crippen LogP contribution in [0.25, 0.3) is 0 Å². The molecular formula is C11H15NO5S. The molecule has 0 fully saturated rings. The number of benzene rings is 1. The van der Waals surface area contributed by atoms with Crippen LogP contribution >= 0.6 is 0 Å². The maximum Gasteiger partial charge on any atom is 0.339 e. The first kappa shape index (κ1) is 14.3. The fourth-order valence-corrected chi connectivity index (χ4v) is 1.93. The third-order valence-corrected chi connectivity index (χ3v) is 4.02. The van der Waals surface area contributed by atoms with Gasteiger partial charge < -0.3 is 15.6 Å². The number of ether oxygens (including phenoxy) is 1. The summed E-state index contributed by atoms with van der Waals surface area (Å²) in [6.45, 7) is 1.42. The van der Waals surface area contributed by atoms with Gasteiger partial charge in [-0.05, 0) is 12.1 Å². The number of anilines is 1. The van der Waals surface area contributed by atoms with Gasteiger partial charge in [0.25, 0.3) is 0 Å². The quantitative estimate of drug-likeness (QED) is 0.742. The molecule has 0 spiro atoms. The van der Waals surface area contributed by atoms with E-state index in [4.69, 9.17) is 15.6 Å². The van der Waals surface area contributed by atoms with Crippen molar-refractivity contribution in [2.75, 3.05) is 23.8 Å². The highest BCUT2D eigenvalue weighted by Gasteiger charge is 2.15. The Morgan fingerprint density at radius 1 is 1.44 bits per heavy atom. The van der Waals surface area contributed by atoms with Gasteiger partial charge in [0.2, 0.25) is 0 Å².